The first-order valence-electron chi connectivity index (χ1n) is 9.77. The van der Waals surface area contributed by atoms with Crippen LogP contribution in [-0.2, 0) is 11.3 Å². The van der Waals surface area contributed by atoms with Gasteiger partial charge in [0.25, 0.3) is 0 Å². The number of carbonyl (C=O) groups is 1. The Morgan fingerprint density at radius 1 is 1.28 bits per heavy atom. The summed E-state index contributed by atoms with van der Waals surface area (Å²) in [7, 11) is 0. The Bertz CT molecular complexity index is 559. The third-order valence-electron chi connectivity index (χ3n) is 5.30. The highest BCUT2D eigenvalue weighted by molar-refractivity contribution is 5.95. The molecule has 1 aromatic carbocycles. The molecule has 1 amide bonds. The molecule has 25 heavy (non-hydrogen) atoms. The molecule has 0 saturated carbocycles. The lowest BCUT2D eigenvalue weighted by atomic mass is 10.00. The minimum Gasteiger partial charge on any atom is -0.325 e. The Labute approximate surface area is 151 Å². The third kappa shape index (κ3) is 5.27. The van der Waals surface area contributed by atoms with E-state index in [1.807, 2.05) is 12.1 Å². The summed E-state index contributed by atoms with van der Waals surface area (Å²) >= 11 is 0. The number of nitrogens with one attached hydrogen (secondary N) is 3. The van der Waals surface area contributed by atoms with Crippen LogP contribution in [0.5, 0.6) is 0 Å². The molecule has 1 aromatic rings. The van der Waals surface area contributed by atoms with Gasteiger partial charge in [-0.2, -0.15) is 0 Å². The predicted octanol–water partition coefficient (Wildman–Crippen LogP) is 2.89. The van der Waals surface area contributed by atoms with E-state index in [0.29, 0.717) is 6.04 Å². The maximum absolute atomic E-state index is 12.4. The molecule has 0 bridgehead atoms. The Morgan fingerprint density at radius 2 is 2.08 bits per heavy atom. The zero-order valence-electron chi connectivity index (χ0n) is 15.6. The van der Waals surface area contributed by atoms with E-state index in [2.05, 4.69) is 47.0 Å². The standard InChI is InChI=1S/C20H32N4O/c1-3-5-18-12-19(23-22-18)20(25)21-17-9-7-16(8-10-17)14-24-11-4-6-15(2)13-24/h7-10,15,18-19,22-23H,3-6,11-14H2,1-2H3,(H,21,25). The van der Waals surface area contributed by atoms with Crippen molar-refractivity contribution in [2.24, 2.45) is 5.92 Å². The van der Waals surface area contributed by atoms with Crippen molar-refractivity contribution in [1.29, 1.82) is 0 Å². The highest BCUT2D eigenvalue weighted by Gasteiger charge is 2.28. The van der Waals surface area contributed by atoms with Gasteiger partial charge in [-0.3, -0.25) is 15.1 Å². The molecule has 2 fully saturated rings. The van der Waals surface area contributed by atoms with E-state index in [9.17, 15) is 4.79 Å². The summed E-state index contributed by atoms with van der Waals surface area (Å²) in [5, 5.41) is 3.03. The fourth-order valence-corrected chi connectivity index (χ4v) is 3.94. The van der Waals surface area contributed by atoms with Gasteiger partial charge in [0, 0.05) is 24.8 Å². The fraction of sp³-hybridized carbons (Fsp3) is 0.650. The van der Waals surface area contributed by atoms with Crippen molar-refractivity contribution in [3.8, 4) is 0 Å². The second-order valence-corrected chi connectivity index (χ2v) is 7.73. The quantitative estimate of drug-likeness (QED) is 0.743. The van der Waals surface area contributed by atoms with Crippen molar-refractivity contribution < 1.29 is 4.79 Å². The Hall–Kier alpha value is -1.43. The molecule has 0 aromatic heterocycles. The van der Waals surface area contributed by atoms with E-state index in [-0.39, 0.29) is 11.9 Å². The maximum Gasteiger partial charge on any atom is 0.242 e. The minimum atomic E-state index is -0.147. The van der Waals surface area contributed by atoms with Crippen molar-refractivity contribution >= 4 is 11.6 Å². The molecule has 3 unspecified atom stereocenters. The molecule has 3 N–H and O–H groups in total. The fourth-order valence-electron chi connectivity index (χ4n) is 3.94. The molecule has 5 heteroatoms. The van der Waals surface area contributed by atoms with Crippen LogP contribution in [-0.4, -0.2) is 36.0 Å². The molecule has 3 atom stereocenters. The molecule has 0 radical (unpaired) electrons. The summed E-state index contributed by atoms with van der Waals surface area (Å²) in [5.41, 5.74) is 8.52. The number of carbonyl (C=O) groups excluding carboxylic acids is 1. The lowest BCUT2D eigenvalue weighted by Crippen LogP contribution is -2.40. The van der Waals surface area contributed by atoms with Crippen molar-refractivity contribution in [1.82, 2.24) is 15.8 Å². The topological polar surface area (TPSA) is 56.4 Å². The average Bonchev–Trinajstić information content (AvgIpc) is 3.06. The van der Waals surface area contributed by atoms with E-state index >= 15 is 0 Å². The first kappa shape index (κ1) is 18.4. The van der Waals surface area contributed by atoms with E-state index in [4.69, 9.17) is 0 Å². The van der Waals surface area contributed by atoms with Crippen molar-refractivity contribution in [3.63, 3.8) is 0 Å². The zero-order valence-corrected chi connectivity index (χ0v) is 15.6. The van der Waals surface area contributed by atoms with Crippen LogP contribution in [0.3, 0.4) is 0 Å². The smallest absolute Gasteiger partial charge is 0.242 e. The summed E-state index contributed by atoms with van der Waals surface area (Å²) in [4.78, 5) is 14.9. The number of piperidine rings is 1. The summed E-state index contributed by atoms with van der Waals surface area (Å²) in [6.07, 6.45) is 5.73. The van der Waals surface area contributed by atoms with E-state index in [1.54, 1.807) is 0 Å². The molecular weight excluding hydrogens is 312 g/mol. The van der Waals surface area contributed by atoms with Gasteiger partial charge in [0.1, 0.15) is 6.04 Å². The van der Waals surface area contributed by atoms with E-state index < -0.39 is 0 Å². The number of nitrogens with zero attached hydrogens (tertiary/aromatic N) is 1. The molecule has 5 nitrogen and oxygen atoms in total. The van der Waals surface area contributed by atoms with E-state index in [0.717, 1.165) is 37.4 Å². The zero-order chi connectivity index (χ0) is 17.6. The Morgan fingerprint density at radius 3 is 2.80 bits per heavy atom. The second-order valence-electron chi connectivity index (χ2n) is 7.73. The lowest BCUT2D eigenvalue weighted by Gasteiger charge is -2.30. The van der Waals surface area contributed by atoms with Gasteiger partial charge in [0.2, 0.25) is 5.91 Å². The van der Waals surface area contributed by atoms with Gasteiger partial charge < -0.3 is 5.32 Å². The number of amides is 1. The number of likely N-dealkylation sites (tertiary alicyclic amines) is 1. The Kier molecular flexibility index (Phi) is 6.45. The predicted molar refractivity (Wildman–Crippen MR) is 102 cm³/mol. The number of rotatable bonds is 6. The van der Waals surface area contributed by atoms with Crippen LogP contribution in [0, 0.1) is 5.92 Å². The summed E-state index contributed by atoms with van der Waals surface area (Å²) in [6, 6.07) is 8.56. The van der Waals surface area contributed by atoms with E-state index in [1.165, 1.54) is 31.5 Å². The SMILES string of the molecule is CCCC1CC(C(=O)Nc2ccc(CN3CCCC(C)C3)cc2)NN1. The second kappa shape index (κ2) is 8.79. The van der Waals surface area contributed by atoms with Crippen LogP contribution < -0.4 is 16.2 Å². The monoisotopic (exact) mass is 344 g/mol. The van der Waals surface area contributed by atoms with Gasteiger partial charge in [-0.15, -0.1) is 0 Å². The molecule has 3 rings (SSSR count). The summed E-state index contributed by atoms with van der Waals surface area (Å²) < 4.78 is 0. The summed E-state index contributed by atoms with van der Waals surface area (Å²) in [5.74, 6) is 0.847. The number of hydrazine groups is 1. The first-order valence-corrected chi connectivity index (χ1v) is 9.77. The molecule has 2 heterocycles. The number of hydrogen-bond acceptors (Lipinski definition) is 4. The highest BCUT2D eigenvalue weighted by Crippen LogP contribution is 2.19. The molecule has 2 saturated heterocycles. The van der Waals surface area contributed by atoms with Gasteiger partial charge in [-0.1, -0.05) is 32.4 Å². The number of hydrogen-bond donors (Lipinski definition) is 3. The van der Waals surface area contributed by atoms with Gasteiger partial charge in [0.05, 0.1) is 0 Å². The number of anilines is 1. The molecule has 138 valence electrons. The van der Waals surface area contributed by atoms with Gasteiger partial charge in [-0.25, -0.2) is 5.43 Å². The molecule has 0 aliphatic carbocycles. The number of benzene rings is 1. The summed E-state index contributed by atoms with van der Waals surface area (Å²) in [6.45, 7) is 7.90. The molecular formula is C20H32N4O. The highest BCUT2D eigenvalue weighted by atomic mass is 16.2. The van der Waals surface area contributed by atoms with Gasteiger partial charge in [-0.05, 0) is 55.8 Å². The minimum absolute atomic E-state index is 0.0451. The normalized spacial score (nSPS) is 27.4. The van der Waals surface area contributed by atoms with Crippen LogP contribution in [0.25, 0.3) is 0 Å². The molecule has 2 aliphatic heterocycles. The largest absolute Gasteiger partial charge is 0.325 e. The van der Waals surface area contributed by atoms with Crippen molar-refractivity contribution in [3.05, 3.63) is 29.8 Å². The lowest BCUT2D eigenvalue weighted by molar-refractivity contribution is -0.117. The van der Waals surface area contributed by atoms with Gasteiger partial charge in [0.15, 0.2) is 0 Å². The van der Waals surface area contributed by atoms with Crippen LogP contribution in [0.1, 0.15) is 51.5 Å². The molecule has 0 spiro atoms. The molecule has 2 aliphatic rings. The maximum atomic E-state index is 12.4. The van der Waals surface area contributed by atoms with Gasteiger partial charge >= 0.3 is 0 Å². The van der Waals surface area contributed by atoms with Crippen molar-refractivity contribution in [2.45, 2.75) is 64.6 Å². The van der Waals surface area contributed by atoms with Crippen molar-refractivity contribution in [2.75, 3.05) is 18.4 Å². The Balaban J connectivity index is 1.48. The van der Waals surface area contributed by atoms with Crippen LogP contribution in [0.2, 0.25) is 0 Å². The first-order chi connectivity index (χ1) is 12.1. The van der Waals surface area contributed by atoms with Crippen LogP contribution >= 0.6 is 0 Å². The van der Waals surface area contributed by atoms with Crippen LogP contribution in [0.4, 0.5) is 5.69 Å². The van der Waals surface area contributed by atoms with Crippen LogP contribution in [0.15, 0.2) is 24.3 Å². The third-order valence-corrected chi connectivity index (χ3v) is 5.30. The average molecular weight is 345 g/mol.